The summed E-state index contributed by atoms with van der Waals surface area (Å²) in [6.07, 6.45) is 12.5. The fraction of sp³-hybridized carbons (Fsp3) is 0.783. The lowest BCUT2D eigenvalue weighted by Crippen LogP contribution is -2.20. The minimum absolute atomic E-state index is 0.0877. The molecule has 1 aliphatic rings. The third kappa shape index (κ3) is 9.23. The van der Waals surface area contributed by atoms with E-state index in [0.29, 0.717) is 17.2 Å². The topological polar surface area (TPSA) is 66.8 Å². The summed E-state index contributed by atoms with van der Waals surface area (Å²) in [5.74, 6) is 0.497. The van der Waals surface area contributed by atoms with Gasteiger partial charge < -0.3 is 14.9 Å². The van der Waals surface area contributed by atoms with Crippen LogP contribution >= 0.6 is 15.9 Å². The third-order valence-corrected chi connectivity index (χ3v) is 6.83. The maximum atomic E-state index is 11.1. The third-order valence-electron chi connectivity index (χ3n) is 5.78. The molecule has 1 fully saturated rings. The standard InChI is InChI=1S/C23H39BrO4/c1-16(2)11-12-17(3)21(25)14-13-19-18(20(24)15-22(19)26)9-7-5-6-8-10-23(27)28-4/h11,13-14,17-22,25-26H,5-10,12,15H2,1-4H3/t17?,18-,19-,20+,21-,22-/m1/s1. The predicted octanol–water partition coefficient (Wildman–Crippen LogP) is 5.17. The Morgan fingerprint density at radius 1 is 1.25 bits per heavy atom. The summed E-state index contributed by atoms with van der Waals surface area (Å²) in [7, 11) is 1.43. The lowest BCUT2D eigenvalue weighted by atomic mass is 9.88. The molecule has 0 amide bonds. The minimum Gasteiger partial charge on any atom is -0.469 e. The molecule has 2 N–H and O–H groups in total. The van der Waals surface area contributed by atoms with Crippen molar-refractivity contribution < 1.29 is 19.7 Å². The molecule has 0 bridgehead atoms. The Morgan fingerprint density at radius 2 is 1.93 bits per heavy atom. The Morgan fingerprint density at radius 3 is 2.57 bits per heavy atom. The SMILES string of the molecule is COC(=O)CCCCCC[C@@H]1[C@@H](C=C[C@@H](O)C(C)CC=C(C)C)[C@H](O)C[C@@H]1Br. The molecular weight excluding hydrogens is 420 g/mol. The van der Waals surface area contributed by atoms with E-state index in [1.807, 2.05) is 12.2 Å². The van der Waals surface area contributed by atoms with Gasteiger partial charge in [-0.05, 0) is 51.4 Å². The summed E-state index contributed by atoms with van der Waals surface area (Å²) in [6, 6.07) is 0. The van der Waals surface area contributed by atoms with Gasteiger partial charge in [-0.15, -0.1) is 0 Å². The molecule has 1 aliphatic carbocycles. The number of unbranched alkanes of at least 4 members (excludes halogenated alkanes) is 3. The zero-order valence-corrected chi connectivity index (χ0v) is 19.5. The second kappa shape index (κ2) is 13.6. The molecule has 0 aromatic heterocycles. The molecule has 1 saturated carbocycles. The summed E-state index contributed by atoms with van der Waals surface area (Å²) in [5, 5.41) is 20.9. The lowest BCUT2D eigenvalue weighted by Gasteiger charge is -2.22. The highest BCUT2D eigenvalue weighted by Gasteiger charge is 2.39. The molecule has 0 aliphatic heterocycles. The van der Waals surface area contributed by atoms with E-state index in [9.17, 15) is 15.0 Å². The molecule has 1 rings (SSSR count). The quantitative estimate of drug-likeness (QED) is 0.183. The Balaban J connectivity index is 2.47. The number of hydrogen-bond acceptors (Lipinski definition) is 4. The van der Waals surface area contributed by atoms with Crippen molar-refractivity contribution >= 4 is 21.9 Å². The summed E-state index contributed by atoms with van der Waals surface area (Å²) in [6.45, 7) is 6.19. The predicted molar refractivity (Wildman–Crippen MR) is 118 cm³/mol. The summed E-state index contributed by atoms with van der Waals surface area (Å²) >= 11 is 3.75. The molecule has 5 heteroatoms. The van der Waals surface area contributed by atoms with Gasteiger partial charge >= 0.3 is 5.97 Å². The van der Waals surface area contributed by atoms with Gasteiger partial charge in [0.2, 0.25) is 0 Å². The van der Waals surface area contributed by atoms with Crippen LogP contribution in [0.4, 0.5) is 0 Å². The summed E-state index contributed by atoms with van der Waals surface area (Å²) in [4.78, 5) is 11.4. The summed E-state index contributed by atoms with van der Waals surface area (Å²) in [5.41, 5.74) is 1.27. The smallest absolute Gasteiger partial charge is 0.305 e. The molecule has 0 saturated heterocycles. The van der Waals surface area contributed by atoms with E-state index < -0.39 is 6.10 Å². The fourth-order valence-corrected chi connectivity index (χ4v) is 4.83. The van der Waals surface area contributed by atoms with E-state index in [1.165, 1.54) is 12.7 Å². The second-order valence-corrected chi connectivity index (χ2v) is 9.64. The van der Waals surface area contributed by atoms with E-state index in [1.54, 1.807) is 0 Å². The van der Waals surface area contributed by atoms with E-state index in [0.717, 1.165) is 44.9 Å². The van der Waals surface area contributed by atoms with Crippen LogP contribution in [0.3, 0.4) is 0 Å². The van der Waals surface area contributed by atoms with Gasteiger partial charge in [0.25, 0.3) is 0 Å². The van der Waals surface area contributed by atoms with Crippen LogP contribution < -0.4 is 0 Å². The van der Waals surface area contributed by atoms with Gasteiger partial charge in [-0.25, -0.2) is 0 Å². The monoisotopic (exact) mass is 458 g/mol. The molecule has 162 valence electrons. The molecule has 0 heterocycles. The Labute approximate surface area is 179 Å². The molecule has 0 radical (unpaired) electrons. The number of alkyl halides is 1. The van der Waals surface area contributed by atoms with Crippen LogP contribution in [0.1, 0.15) is 72.1 Å². The molecule has 0 aromatic carbocycles. The van der Waals surface area contributed by atoms with E-state index in [-0.39, 0.29) is 23.9 Å². The number of aliphatic hydroxyl groups excluding tert-OH is 2. The van der Waals surface area contributed by atoms with Crippen LogP contribution in [-0.4, -0.2) is 40.3 Å². The molecule has 4 nitrogen and oxygen atoms in total. The molecule has 1 unspecified atom stereocenters. The van der Waals surface area contributed by atoms with Crippen LogP contribution in [0, 0.1) is 17.8 Å². The lowest BCUT2D eigenvalue weighted by molar-refractivity contribution is -0.140. The van der Waals surface area contributed by atoms with Crippen molar-refractivity contribution in [2.75, 3.05) is 7.11 Å². The first-order chi connectivity index (χ1) is 13.3. The number of halogens is 1. The first kappa shape index (κ1) is 25.4. The van der Waals surface area contributed by atoms with Gasteiger partial charge in [0, 0.05) is 17.2 Å². The van der Waals surface area contributed by atoms with Crippen molar-refractivity contribution in [2.45, 2.75) is 89.2 Å². The first-order valence-electron chi connectivity index (χ1n) is 10.6. The van der Waals surface area contributed by atoms with Gasteiger partial charge in [-0.2, -0.15) is 0 Å². The van der Waals surface area contributed by atoms with E-state index >= 15 is 0 Å². The molecular formula is C23H39BrO4. The molecule has 6 atom stereocenters. The largest absolute Gasteiger partial charge is 0.469 e. The number of methoxy groups -OCH3 is 1. The van der Waals surface area contributed by atoms with Gasteiger partial charge in [0.15, 0.2) is 0 Å². The van der Waals surface area contributed by atoms with Crippen LogP contribution in [0.15, 0.2) is 23.8 Å². The maximum Gasteiger partial charge on any atom is 0.305 e. The number of hydrogen-bond donors (Lipinski definition) is 2. The first-order valence-corrected chi connectivity index (χ1v) is 11.6. The van der Waals surface area contributed by atoms with Crippen LogP contribution in [0.5, 0.6) is 0 Å². The van der Waals surface area contributed by atoms with Crippen molar-refractivity contribution in [3.05, 3.63) is 23.8 Å². The average molecular weight is 459 g/mol. The van der Waals surface area contributed by atoms with Crippen LogP contribution in [-0.2, 0) is 9.53 Å². The Bertz CT molecular complexity index is 513. The zero-order chi connectivity index (χ0) is 21.1. The number of esters is 1. The minimum atomic E-state index is -0.490. The second-order valence-electron chi connectivity index (χ2n) is 8.46. The highest BCUT2D eigenvalue weighted by Crippen LogP contribution is 2.41. The number of aliphatic hydroxyl groups is 2. The average Bonchev–Trinajstić information content (AvgIpc) is 2.92. The number of carbonyl (C=O) groups is 1. The maximum absolute atomic E-state index is 11.1. The fourth-order valence-electron chi connectivity index (χ4n) is 3.83. The molecule has 0 spiro atoms. The van der Waals surface area contributed by atoms with Crippen molar-refractivity contribution in [2.24, 2.45) is 17.8 Å². The normalized spacial score (nSPS) is 27.0. The van der Waals surface area contributed by atoms with E-state index in [2.05, 4.69) is 47.5 Å². The Kier molecular flexibility index (Phi) is 12.3. The van der Waals surface area contributed by atoms with Crippen molar-refractivity contribution in [1.29, 1.82) is 0 Å². The highest BCUT2D eigenvalue weighted by molar-refractivity contribution is 9.09. The van der Waals surface area contributed by atoms with Crippen molar-refractivity contribution in [3.63, 3.8) is 0 Å². The van der Waals surface area contributed by atoms with Crippen molar-refractivity contribution in [1.82, 2.24) is 0 Å². The molecule has 28 heavy (non-hydrogen) atoms. The number of ether oxygens (including phenoxy) is 1. The van der Waals surface area contributed by atoms with E-state index in [4.69, 9.17) is 0 Å². The Hall–Kier alpha value is -0.650. The van der Waals surface area contributed by atoms with Gasteiger partial charge in [-0.3, -0.25) is 4.79 Å². The number of rotatable bonds is 12. The number of allylic oxidation sites excluding steroid dienone is 2. The van der Waals surface area contributed by atoms with Crippen molar-refractivity contribution in [3.8, 4) is 0 Å². The molecule has 0 aromatic rings. The van der Waals surface area contributed by atoms with Gasteiger partial charge in [0.1, 0.15) is 0 Å². The summed E-state index contributed by atoms with van der Waals surface area (Å²) < 4.78 is 4.66. The van der Waals surface area contributed by atoms with Gasteiger partial charge in [-0.1, -0.05) is 65.9 Å². The highest BCUT2D eigenvalue weighted by atomic mass is 79.9. The number of carbonyl (C=O) groups excluding carboxylic acids is 1. The van der Waals surface area contributed by atoms with Gasteiger partial charge in [0.05, 0.1) is 19.3 Å². The van der Waals surface area contributed by atoms with Crippen LogP contribution in [0.2, 0.25) is 0 Å². The van der Waals surface area contributed by atoms with Crippen LogP contribution in [0.25, 0.3) is 0 Å². The zero-order valence-electron chi connectivity index (χ0n) is 17.9.